The molecule has 0 aliphatic rings. The predicted molar refractivity (Wildman–Crippen MR) is 81.2 cm³/mol. The number of hydrogen-bond acceptors (Lipinski definition) is 3. The highest BCUT2D eigenvalue weighted by Gasteiger charge is 2.15. The van der Waals surface area contributed by atoms with Gasteiger partial charge in [0.1, 0.15) is 0 Å². The number of hydrogen-bond donors (Lipinski definition) is 1. The van der Waals surface area contributed by atoms with E-state index in [0.29, 0.717) is 0 Å². The van der Waals surface area contributed by atoms with Gasteiger partial charge in [0.15, 0.2) is 5.76 Å². The normalized spacial score (nSPS) is 11.8. The van der Waals surface area contributed by atoms with Crippen molar-refractivity contribution in [1.82, 2.24) is 10.5 Å². The van der Waals surface area contributed by atoms with Gasteiger partial charge in [-0.05, 0) is 12.5 Å². The molecule has 0 aliphatic heterocycles. The van der Waals surface area contributed by atoms with E-state index in [1.54, 1.807) is 0 Å². The van der Waals surface area contributed by atoms with Gasteiger partial charge in [-0.15, -0.1) is 0 Å². The van der Waals surface area contributed by atoms with E-state index in [-0.39, 0.29) is 0 Å². The van der Waals surface area contributed by atoms with Crippen molar-refractivity contribution < 1.29 is 4.52 Å². The van der Waals surface area contributed by atoms with E-state index in [1.807, 2.05) is 13.0 Å². The van der Waals surface area contributed by atoms with Crippen molar-refractivity contribution in [3.8, 4) is 0 Å². The molecule has 3 nitrogen and oxygen atoms in total. The topological polar surface area (TPSA) is 38.1 Å². The van der Waals surface area contributed by atoms with Crippen molar-refractivity contribution in [1.29, 1.82) is 0 Å². The van der Waals surface area contributed by atoms with Crippen LogP contribution >= 0.6 is 0 Å². The Labute approximate surface area is 116 Å². The standard InChI is InChI=1S/C15H22N2OSi/c1-12-9-14(18-17-12)11-16-10-13-5-7-15(8-6-13)19(2,3)4/h5-9,16H,10-11H2,1-4H3. The summed E-state index contributed by atoms with van der Waals surface area (Å²) in [5.74, 6) is 0.885. The fourth-order valence-electron chi connectivity index (χ4n) is 1.95. The number of aryl methyl sites for hydroxylation is 1. The quantitative estimate of drug-likeness (QED) is 0.852. The summed E-state index contributed by atoms with van der Waals surface area (Å²) in [5, 5.41) is 8.74. The highest BCUT2D eigenvalue weighted by atomic mass is 28.3. The molecule has 0 unspecified atom stereocenters. The predicted octanol–water partition coefficient (Wildman–Crippen LogP) is 2.82. The van der Waals surface area contributed by atoms with Gasteiger partial charge in [-0.1, -0.05) is 54.2 Å². The van der Waals surface area contributed by atoms with Crippen molar-refractivity contribution in [2.45, 2.75) is 39.7 Å². The first kappa shape index (κ1) is 14.0. The lowest BCUT2D eigenvalue weighted by atomic mass is 10.2. The van der Waals surface area contributed by atoms with Crippen LogP contribution in [0.25, 0.3) is 0 Å². The average Bonchev–Trinajstić information content (AvgIpc) is 2.75. The third kappa shape index (κ3) is 4.04. The van der Waals surface area contributed by atoms with Crippen LogP contribution in [-0.4, -0.2) is 13.2 Å². The first-order valence-corrected chi connectivity index (χ1v) is 10.2. The van der Waals surface area contributed by atoms with Gasteiger partial charge in [0, 0.05) is 12.6 Å². The maximum atomic E-state index is 5.16. The molecule has 0 amide bonds. The van der Waals surface area contributed by atoms with Crippen LogP contribution in [0.4, 0.5) is 0 Å². The summed E-state index contributed by atoms with van der Waals surface area (Å²) >= 11 is 0. The Morgan fingerprint density at radius 1 is 1.11 bits per heavy atom. The second kappa shape index (κ2) is 5.71. The maximum absolute atomic E-state index is 5.16. The lowest BCUT2D eigenvalue weighted by Crippen LogP contribution is -2.37. The summed E-state index contributed by atoms with van der Waals surface area (Å²) in [6, 6.07) is 10.9. The molecule has 0 saturated carbocycles. The molecule has 0 atom stereocenters. The number of nitrogens with one attached hydrogen (secondary N) is 1. The lowest BCUT2D eigenvalue weighted by Gasteiger charge is -2.16. The summed E-state index contributed by atoms with van der Waals surface area (Å²) in [7, 11) is -1.18. The zero-order valence-corrected chi connectivity index (χ0v) is 13.2. The van der Waals surface area contributed by atoms with Crippen LogP contribution < -0.4 is 10.5 Å². The molecule has 0 spiro atoms. The van der Waals surface area contributed by atoms with Gasteiger partial charge in [0.05, 0.1) is 20.3 Å². The minimum Gasteiger partial charge on any atom is -0.360 e. The van der Waals surface area contributed by atoms with Crippen molar-refractivity contribution in [2.75, 3.05) is 0 Å². The molecule has 4 heteroatoms. The molecule has 0 saturated heterocycles. The van der Waals surface area contributed by atoms with E-state index in [2.05, 4.69) is 54.4 Å². The number of rotatable bonds is 5. The molecule has 1 aromatic heterocycles. The van der Waals surface area contributed by atoms with Gasteiger partial charge in [-0.2, -0.15) is 0 Å². The van der Waals surface area contributed by atoms with Crippen molar-refractivity contribution in [3.63, 3.8) is 0 Å². The summed E-state index contributed by atoms with van der Waals surface area (Å²) in [4.78, 5) is 0. The van der Waals surface area contributed by atoms with Gasteiger partial charge in [-0.3, -0.25) is 0 Å². The Balaban J connectivity index is 1.86. The molecule has 0 bridgehead atoms. The highest BCUT2D eigenvalue weighted by Crippen LogP contribution is 2.05. The molecule has 19 heavy (non-hydrogen) atoms. The molecular weight excluding hydrogens is 252 g/mol. The van der Waals surface area contributed by atoms with Crippen LogP contribution in [-0.2, 0) is 13.1 Å². The number of nitrogens with zero attached hydrogens (tertiary/aromatic N) is 1. The Bertz CT molecular complexity index is 526. The third-order valence-corrected chi connectivity index (χ3v) is 5.19. The van der Waals surface area contributed by atoms with Gasteiger partial charge in [-0.25, -0.2) is 0 Å². The van der Waals surface area contributed by atoms with E-state index in [1.165, 1.54) is 10.8 Å². The van der Waals surface area contributed by atoms with Gasteiger partial charge < -0.3 is 9.84 Å². The van der Waals surface area contributed by atoms with Crippen LogP contribution in [0.5, 0.6) is 0 Å². The second-order valence-electron chi connectivity index (χ2n) is 5.99. The first-order chi connectivity index (χ1) is 8.95. The van der Waals surface area contributed by atoms with Gasteiger partial charge >= 0.3 is 0 Å². The Hall–Kier alpha value is -1.39. The molecule has 1 heterocycles. The van der Waals surface area contributed by atoms with E-state index in [9.17, 15) is 0 Å². The van der Waals surface area contributed by atoms with Crippen LogP contribution in [0.15, 0.2) is 34.9 Å². The van der Waals surface area contributed by atoms with Crippen LogP contribution in [0.3, 0.4) is 0 Å². The summed E-state index contributed by atoms with van der Waals surface area (Å²) in [6.07, 6.45) is 0. The fraction of sp³-hybridized carbons (Fsp3) is 0.400. The van der Waals surface area contributed by atoms with E-state index in [4.69, 9.17) is 4.52 Å². The zero-order chi connectivity index (χ0) is 13.9. The number of aromatic nitrogens is 1. The Morgan fingerprint density at radius 2 is 1.79 bits per heavy atom. The minimum absolute atomic E-state index is 0.719. The van der Waals surface area contributed by atoms with Crippen molar-refractivity contribution in [2.24, 2.45) is 0 Å². The fourth-order valence-corrected chi connectivity index (χ4v) is 3.12. The summed E-state index contributed by atoms with van der Waals surface area (Å²) in [5.41, 5.74) is 2.23. The first-order valence-electron chi connectivity index (χ1n) is 6.67. The largest absolute Gasteiger partial charge is 0.360 e. The second-order valence-corrected chi connectivity index (χ2v) is 11.1. The molecule has 0 aliphatic carbocycles. The minimum atomic E-state index is -1.18. The highest BCUT2D eigenvalue weighted by molar-refractivity contribution is 6.88. The Morgan fingerprint density at radius 3 is 2.32 bits per heavy atom. The van der Waals surface area contributed by atoms with Gasteiger partial charge in [0.2, 0.25) is 0 Å². The SMILES string of the molecule is Cc1cc(CNCc2ccc([Si](C)(C)C)cc2)on1. The van der Waals surface area contributed by atoms with Crippen LogP contribution in [0, 0.1) is 6.92 Å². The molecular formula is C15H22N2OSi. The summed E-state index contributed by atoms with van der Waals surface area (Å²) < 4.78 is 5.16. The molecule has 2 rings (SSSR count). The Kier molecular flexibility index (Phi) is 4.22. The number of benzene rings is 1. The van der Waals surface area contributed by atoms with Crippen LogP contribution in [0.2, 0.25) is 19.6 Å². The third-order valence-electron chi connectivity index (χ3n) is 3.13. The van der Waals surface area contributed by atoms with E-state index >= 15 is 0 Å². The molecule has 1 aromatic carbocycles. The summed E-state index contributed by atoms with van der Waals surface area (Å²) in [6.45, 7) is 10.6. The van der Waals surface area contributed by atoms with E-state index < -0.39 is 8.07 Å². The van der Waals surface area contributed by atoms with Gasteiger partial charge in [0.25, 0.3) is 0 Å². The molecule has 0 fully saturated rings. The van der Waals surface area contributed by atoms with Crippen LogP contribution in [0.1, 0.15) is 17.0 Å². The molecule has 1 N–H and O–H groups in total. The smallest absolute Gasteiger partial charge is 0.150 e. The average molecular weight is 274 g/mol. The van der Waals surface area contributed by atoms with Crippen molar-refractivity contribution >= 4 is 13.3 Å². The maximum Gasteiger partial charge on any atom is 0.150 e. The zero-order valence-electron chi connectivity index (χ0n) is 12.2. The lowest BCUT2D eigenvalue weighted by molar-refractivity contribution is 0.369. The molecule has 102 valence electrons. The van der Waals surface area contributed by atoms with E-state index in [0.717, 1.165) is 24.5 Å². The van der Waals surface area contributed by atoms with Crippen molar-refractivity contribution in [3.05, 3.63) is 47.3 Å². The molecule has 2 aromatic rings. The monoisotopic (exact) mass is 274 g/mol. The molecule has 0 radical (unpaired) electrons.